The van der Waals surface area contributed by atoms with E-state index in [0.717, 1.165) is 11.7 Å². The van der Waals surface area contributed by atoms with Crippen LogP contribution in [0.25, 0.3) is 0 Å². The van der Waals surface area contributed by atoms with Gasteiger partial charge in [0.1, 0.15) is 5.75 Å². The summed E-state index contributed by atoms with van der Waals surface area (Å²) in [7, 11) is 1.75. The number of hydrogen-bond acceptors (Lipinski definition) is 3. The Hall–Kier alpha value is -0.670. The van der Waals surface area contributed by atoms with Crippen LogP contribution in [0.2, 0.25) is 0 Å². The van der Waals surface area contributed by atoms with Gasteiger partial charge in [0, 0.05) is 4.90 Å². The fourth-order valence-corrected chi connectivity index (χ4v) is 2.97. The second-order valence-corrected chi connectivity index (χ2v) is 5.43. The molecule has 1 aliphatic rings. The van der Waals surface area contributed by atoms with Crippen LogP contribution in [0.3, 0.4) is 0 Å². The summed E-state index contributed by atoms with van der Waals surface area (Å²) in [6, 6.07) is 6.63. The third-order valence-corrected chi connectivity index (χ3v) is 4.21. The van der Waals surface area contributed by atoms with E-state index in [1.54, 1.807) is 18.9 Å². The molecule has 1 aliphatic heterocycles. The summed E-state index contributed by atoms with van der Waals surface area (Å²) in [5.74, 6) is 1.85. The van der Waals surface area contributed by atoms with Crippen molar-refractivity contribution >= 4 is 11.8 Å². The molecule has 0 aromatic heterocycles. The highest BCUT2D eigenvalue weighted by molar-refractivity contribution is 7.98. The minimum Gasteiger partial charge on any atom is -0.496 e. The topological polar surface area (TPSA) is 21.3 Å². The second-order valence-electron chi connectivity index (χ2n) is 4.59. The van der Waals surface area contributed by atoms with Gasteiger partial charge in [-0.25, -0.2) is 0 Å². The van der Waals surface area contributed by atoms with Gasteiger partial charge in [0.25, 0.3) is 0 Å². The molecule has 17 heavy (non-hydrogen) atoms. The van der Waals surface area contributed by atoms with E-state index in [1.807, 2.05) is 0 Å². The van der Waals surface area contributed by atoms with E-state index in [1.165, 1.54) is 42.8 Å². The molecule has 1 heterocycles. The number of thioether (sulfide) groups is 1. The van der Waals surface area contributed by atoms with Crippen molar-refractivity contribution in [2.75, 3.05) is 26.5 Å². The van der Waals surface area contributed by atoms with Gasteiger partial charge in [-0.05, 0) is 62.2 Å². The van der Waals surface area contributed by atoms with Crippen molar-refractivity contribution in [3.8, 4) is 5.75 Å². The number of piperidine rings is 1. The zero-order chi connectivity index (χ0) is 12.1. The number of methoxy groups -OCH3 is 1. The van der Waals surface area contributed by atoms with E-state index in [4.69, 9.17) is 4.74 Å². The van der Waals surface area contributed by atoms with Gasteiger partial charge in [-0.1, -0.05) is 6.07 Å². The maximum Gasteiger partial charge on any atom is 0.132 e. The van der Waals surface area contributed by atoms with Crippen molar-refractivity contribution in [3.63, 3.8) is 0 Å². The Kier molecular flexibility index (Phi) is 4.75. The molecule has 0 aliphatic carbocycles. The van der Waals surface area contributed by atoms with Gasteiger partial charge in [0.05, 0.1) is 7.11 Å². The van der Waals surface area contributed by atoms with E-state index in [2.05, 4.69) is 29.8 Å². The summed E-state index contributed by atoms with van der Waals surface area (Å²) in [6.45, 7) is 2.34. The highest BCUT2D eigenvalue weighted by Gasteiger charge is 2.14. The molecular formula is C14H21NOS. The zero-order valence-electron chi connectivity index (χ0n) is 10.7. The summed E-state index contributed by atoms with van der Waals surface area (Å²) >= 11 is 1.74. The minimum atomic E-state index is 0.834. The molecule has 2 nitrogen and oxygen atoms in total. The van der Waals surface area contributed by atoms with Crippen LogP contribution in [-0.2, 0) is 6.42 Å². The Morgan fingerprint density at radius 1 is 1.35 bits per heavy atom. The summed E-state index contributed by atoms with van der Waals surface area (Å²) in [5.41, 5.74) is 1.41. The Morgan fingerprint density at radius 3 is 2.76 bits per heavy atom. The van der Waals surface area contributed by atoms with Gasteiger partial charge < -0.3 is 10.1 Å². The first-order chi connectivity index (χ1) is 8.33. The standard InChI is InChI=1S/C14H21NOS/c1-16-13-10-12(3-4-14(13)17-2)9-11-5-7-15-8-6-11/h3-4,10-11,15H,5-9H2,1-2H3. The molecule has 0 radical (unpaired) electrons. The van der Waals surface area contributed by atoms with Gasteiger partial charge in [0.15, 0.2) is 0 Å². The van der Waals surface area contributed by atoms with Gasteiger partial charge in [-0.3, -0.25) is 0 Å². The molecule has 0 spiro atoms. The Morgan fingerprint density at radius 2 is 2.12 bits per heavy atom. The molecule has 0 bridgehead atoms. The number of nitrogens with one attached hydrogen (secondary N) is 1. The lowest BCUT2D eigenvalue weighted by atomic mass is 9.91. The van der Waals surface area contributed by atoms with Crippen molar-refractivity contribution in [1.82, 2.24) is 5.32 Å². The molecule has 0 amide bonds. The van der Waals surface area contributed by atoms with Crippen LogP contribution >= 0.6 is 11.8 Å². The molecule has 1 N–H and O–H groups in total. The molecule has 1 aromatic rings. The third-order valence-electron chi connectivity index (χ3n) is 3.43. The SMILES string of the molecule is COc1cc(CC2CCNCC2)ccc1SC. The molecule has 2 rings (SSSR count). The van der Waals surface area contributed by atoms with Gasteiger partial charge >= 0.3 is 0 Å². The van der Waals surface area contributed by atoms with Crippen LogP contribution in [-0.4, -0.2) is 26.5 Å². The fraction of sp³-hybridized carbons (Fsp3) is 0.571. The van der Waals surface area contributed by atoms with E-state index in [0.29, 0.717) is 0 Å². The molecular weight excluding hydrogens is 230 g/mol. The van der Waals surface area contributed by atoms with E-state index in [9.17, 15) is 0 Å². The zero-order valence-corrected chi connectivity index (χ0v) is 11.5. The molecule has 0 unspecified atom stereocenters. The third kappa shape index (κ3) is 3.39. The average Bonchev–Trinajstić information content (AvgIpc) is 2.40. The normalized spacial score (nSPS) is 17.1. The summed E-state index contributed by atoms with van der Waals surface area (Å²) in [4.78, 5) is 1.22. The maximum atomic E-state index is 5.43. The first kappa shape index (κ1) is 12.8. The van der Waals surface area contributed by atoms with Crippen LogP contribution in [0.1, 0.15) is 18.4 Å². The highest BCUT2D eigenvalue weighted by Crippen LogP contribution is 2.30. The van der Waals surface area contributed by atoms with Crippen molar-refractivity contribution in [2.45, 2.75) is 24.2 Å². The summed E-state index contributed by atoms with van der Waals surface area (Å²) in [5, 5.41) is 3.41. The smallest absolute Gasteiger partial charge is 0.132 e. The molecule has 0 saturated carbocycles. The number of ether oxygens (including phenoxy) is 1. The summed E-state index contributed by atoms with van der Waals surface area (Å²) in [6.07, 6.45) is 5.87. The Balaban J connectivity index is 2.05. The predicted molar refractivity (Wildman–Crippen MR) is 74.1 cm³/mol. The van der Waals surface area contributed by atoms with Gasteiger partial charge in [0.2, 0.25) is 0 Å². The Labute approximate surface area is 108 Å². The lowest BCUT2D eigenvalue weighted by Gasteiger charge is -2.22. The van der Waals surface area contributed by atoms with Crippen molar-refractivity contribution in [1.29, 1.82) is 0 Å². The minimum absolute atomic E-state index is 0.834. The van der Waals surface area contributed by atoms with Gasteiger partial charge in [-0.2, -0.15) is 0 Å². The number of rotatable bonds is 4. The molecule has 1 aromatic carbocycles. The van der Waals surface area contributed by atoms with E-state index < -0.39 is 0 Å². The fourth-order valence-electron chi connectivity index (χ4n) is 2.43. The lowest BCUT2D eigenvalue weighted by molar-refractivity contribution is 0.370. The quantitative estimate of drug-likeness (QED) is 0.831. The summed E-state index contributed by atoms with van der Waals surface area (Å²) < 4.78 is 5.43. The molecule has 3 heteroatoms. The van der Waals surface area contributed by atoms with E-state index >= 15 is 0 Å². The Bertz CT molecular complexity index is 361. The van der Waals surface area contributed by atoms with Crippen LogP contribution in [0.4, 0.5) is 0 Å². The largest absolute Gasteiger partial charge is 0.496 e. The molecule has 0 atom stereocenters. The molecule has 1 saturated heterocycles. The highest BCUT2D eigenvalue weighted by atomic mass is 32.2. The first-order valence-corrected chi connectivity index (χ1v) is 7.47. The van der Waals surface area contributed by atoms with Crippen molar-refractivity contribution < 1.29 is 4.74 Å². The van der Waals surface area contributed by atoms with Crippen LogP contribution < -0.4 is 10.1 Å². The van der Waals surface area contributed by atoms with Crippen LogP contribution in [0.5, 0.6) is 5.75 Å². The number of benzene rings is 1. The molecule has 1 fully saturated rings. The first-order valence-electron chi connectivity index (χ1n) is 6.25. The number of hydrogen-bond donors (Lipinski definition) is 1. The second kappa shape index (κ2) is 6.31. The predicted octanol–water partition coefficient (Wildman–Crippen LogP) is 2.96. The van der Waals surface area contributed by atoms with E-state index in [-0.39, 0.29) is 0 Å². The van der Waals surface area contributed by atoms with Crippen LogP contribution in [0.15, 0.2) is 23.1 Å². The van der Waals surface area contributed by atoms with Crippen LogP contribution in [0, 0.1) is 5.92 Å². The van der Waals surface area contributed by atoms with Crippen molar-refractivity contribution in [3.05, 3.63) is 23.8 Å². The van der Waals surface area contributed by atoms with Crippen molar-refractivity contribution in [2.24, 2.45) is 5.92 Å². The lowest BCUT2D eigenvalue weighted by Crippen LogP contribution is -2.28. The monoisotopic (exact) mass is 251 g/mol. The average molecular weight is 251 g/mol. The van der Waals surface area contributed by atoms with Gasteiger partial charge in [-0.15, -0.1) is 11.8 Å². The maximum absolute atomic E-state index is 5.43. The molecule has 94 valence electrons.